The van der Waals surface area contributed by atoms with Crippen LogP contribution < -0.4 is 5.32 Å². The van der Waals surface area contributed by atoms with Crippen LogP contribution in [0.2, 0.25) is 0 Å². The Morgan fingerprint density at radius 3 is 2.58 bits per heavy atom. The zero-order valence-corrected chi connectivity index (χ0v) is 12.2. The van der Waals surface area contributed by atoms with E-state index in [-0.39, 0.29) is 11.9 Å². The van der Waals surface area contributed by atoms with Crippen LogP contribution in [0.15, 0.2) is 47.4 Å². The number of halogens is 1. The molecule has 2 rings (SSSR count). The number of rotatable bonds is 4. The Labute approximate surface area is 118 Å². The molecule has 0 spiro atoms. The minimum Gasteiger partial charge on any atom is -0.378 e. The highest BCUT2D eigenvalue weighted by molar-refractivity contribution is 7.98. The van der Waals surface area contributed by atoms with Gasteiger partial charge in [-0.3, -0.25) is 0 Å². The van der Waals surface area contributed by atoms with Crippen LogP contribution in [0.3, 0.4) is 0 Å². The summed E-state index contributed by atoms with van der Waals surface area (Å²) in [5.74, 6) is -0.149. The normalized spacial score (nSPS) is 12.2. The second-order valence-corrected chi connectivity index (χ2v) is 5.42. The first-order valence-corrected chi connectivity index (χ1v) is 7.50. The SMILES string of the molecule is CSc1ccccc1NC(C)c1ccc(C)c(F)c1. The number of nitrogens with one attached hydrogen (secondary N) is 1. The minimum atomic E-state index is -0.149. The number of anilines is 1. The van der Waals surface area contributed by atoms with Gasteiger partial charge in [0.05, 0.1) is 0 Å². The topological polar surface area (TPSA) is 12.0 Å². The fourth-order valence-corrected chi connectivity index (χ4v) is 2.52. The second-order valence-electron chi connectivity index (χ2n) is 4.57. The van der Waals surface area contributed by atoms with E-state index >= 15 is 0 Å². The molecule has 0 aliphatic carbocycles. The molecule has 0 saturated heterocycles. The van der Waals surface area contributed by atoms with Gasteiger partial charge in [0.15, 0.2) is 0 Å². The number of hydrogen-bond donors (Lipinski definition) is 1. The first-order chi connectivity index (χ1) is 9.11. The molecule has 0 amide bonds. The Bertz CT molecular complexity index is 568. The van der Waals surface area contributed by atoms with Gasteiger partial charge in [-0.2, -0.15) is 0 Å². The molecule has 0 aromatic heterocycles. The number of benzene rings is 2. The summed E-state index contributed by atoms with van der Waals surface area (Å²) in [6.07, 6.45) is 2.05. The van der Waals surface area contributed by atoms with Gasteiger partial charge in [-0.15, -0.1) is 11.8 Å². The lowest BCUT2D eigenvalue weighted by atomic mass is 10.1. The summed E-state index contributed by atoms with van der Waals surface area (Å²) in [6.45, 7) is 3.82. The Kier molecular flexibility index (Phi) is 4.48. The van der Waals surface area contributed by atoms with E-state index < -0.39 is 0 Å². The summed E-state index contributed by atoms with van der Waals surface area (Å²) in [6, 6.07) is 13.6. The van der Waals surface area contributed by atoms with Crippen molar-refractivity contribution in [3.8, 4) is 0 Å². The molecule has 3 heteroatoms. The third-order valence-electron chi connectivity index (χ3n) is 3.17. The maximum Gasteiger partial charge on any atom is 0.126 e. The molecule has 1 atom stereocenters. The molecule has 0 aliphatic rings. The fourth-order valence-electron chi connectivity index (χ4n) is 1.96. The van der Waals surface area contributed by atoms with Crippen molar-refractivity contribution in [1.29, 1.82) is 0 Å². The molecule has 0 saturated carbocycles. The molecule has 19 heavy (non-hydrogen) atoms. The molecular weight excluding hydrogens is 257 g/mol. The lowest BCUT2D eigenvalue weighted by molar-refractivity contribution is 0.614. The standard InChI is InChI=1S/C16H18FNS/c1-11-8-9-13(10-14(11)17)12(2)18-15-6-4-5-7-16(15)19-3/h4-10,12,18H,1-3H3. The van der Waals surface area contributed by atoms with Gasteiger partial charge >= 0.3 is 0 Å². The van der Waals surface area contributed by atoms with Crippen LogP contribution in [0.1, 0.15) is 24.1 Å². The summed E-state index contributed by atoms with van der Waals surface area (Å²) in [5.41, 5.74) is 2.72. The van der Waals surface area contributed by atoms with Crippen molar-refractivity contribution >= 4 is 17.4 Å². The van der Waals surface area contributed by atoms with E-state index in [2.05, 4.69) is 17.6 Å². The van der Waals surface area contributed by atoms with Gasteiger partial charge in [0.1, 0.15) is 5.82 Å². The van der Waals surface area contributed by atoms with Crippen molar-refractivity contribution < 1.29 is 4.39 Å². The van der Waals surface area contributed by atoms with Gasteiger partial charge in [0, 0.05) is 16.6 Å². The number of aryl methyl sites for hydroxylation is 1. The largest absolute Gasteiger partial charge is 0.378 e. The first-order valence-electron chi connectivity index (χ1n) is 6.27. The molecule has 2 aromatic carbocycles. The highest BCUT2D eigenvalue weighted by Gasteiger charge is 2.09. The van der Waals surface area contributed by atoms with Crippen LogP contribution in [0, 0.1) is 12.7 Å². The van der Waals surface area contributed by atoms with E-state index in [9.17, 15) is 4.39 Å². The Morgan fingerprint density at radius 1 is 1.16 bits per heavy atom. The maximum atomic E-state index is 13.6. The molecule has 100 valence electrons. The molecule has 1 N–H and O–H groups in total. The molecular formula is C16H18FNS. The van der Waals surface area contributed by atoms with Gasteiger partial charge in [0.25, 0.3) is 0 Å². The number of para-hydroxylation sites is 1. The quantitative estimate of drug-likeness (QED) is 0.785. The summed E-state index contributed by atoms with van der Waals surface area (Å²) in [5, 5.41) is 3.44. The van der Waals surface area contributed by atoms with Crippen LogP contribution >= 0.6 is 11.8 Å². The van der Waals surface area contributed by atoms with Crippen molar-refractivity contribution in [3.63, 3.8) is 0 Å². The molecule has 2 aromatic rings. The number of thioether (sulfide) groups is 1. The van der Waals surface area contributed by atoms with Gasteiger partial charge < -0.3 is 5.32 Å². The molecule has 1 unspecified atom stereocenters. The third kappa shape index (κ3) is 3.29. The van der Waals surface area contributed by atoms with Gasteiger partial charge in [-0.05, 0) is 49.4 Å². The molecule has 0 heterocycles. The predicted molar refractivity (Wildman–Crippen MR) is 81.4 cm³/mol. The van der Waals surface area contributed by atoms with Crippen LogP contribution in [0.4, 0.5) is 10.1 Å². The van der Waals surface area contributed by atoms with E-state index in [4.69, 9.17) is 0 Å². The molecule has 0 fully saturated rings. The third-order valence-corrected chi connectivity index (χ3v) is 3.97. The smallest absolute Gasteiger partial charge is 0.126 e. The Morgan fingerprint density at radius 2 is 1.89 bits per heavy atom. The molecule has 0 aliphatic heterocycles. The Hall–Kier alpha value is -1.48. The molecule has 1 nitrogen and oxygen atoms in total. The fraction of sp³-hybridized carbons (Fsp3) is 0.250. The second kappa shape index (κ2) is 6.11. The predicted octanol–water partition coefficient (Wildman–Crippen LogP) is 5.03. The van der Waals surface area contributed by atoms with Crippen molar-refractivity contribution in [2.75, 3.05) is 11.6 Å². The minimum absolute atomic E-state index is 0.0726. The highest BCUT2D eigenvalue weighted by atomic mass is 32.2. The van der Waals surface area contributed by atoms with E-state index in [1.165, 1.54) is 4.90 Å². The lowest BCUT2D eigenvalue weighted by Crippen LogP contribution is -2.07. The first kappa shape index (κ1) is 13.9. The monoisotopic (exact) mass is 275 g/mol. The summed E-state index contributed by atoms with van der Waals surface area (Å²) in [4.78, 5) is 1.20. The highest BCUT2D eigenvalue weighted by Crippen LogP contribution is 2.28. The molecule has 0 bridgehead atoms. The lowest BCUT2D eigenvalue weighted by Gasteiger charge is -2.18. The van der Waals surface area contributed by atoms with Gasteiger partial charge in [-0.25, -0.2) is 4.39 Å². The Balaban J connectivity index is 2.20. The van der Waals surface area contributed by atoms with E-state index in [0.29, 0.717) is 5.56 Å². The van der Waals surface area contributed by atoms with Gasteiger partial charge in [-0.1, -0.05) is 24.3 Å². The van der Waals surface area contributed by atoms with Crippen LogP contribution in [0.25, 0.3) is 0 Å². The van der Waals surface area contributed by atoms with Crippen molar-refractivity contribution in [2.45, 2.75) is 24.8 Å². The zero-order valence-electron chi connectivity index (χ0n) is 11.4. The van der Waals surface area contributed by atoms with E-state index in [1.54, 1.807) is 24.8 Å². The van der Waals surface area contributed by atoms with E-state index in [1.807, 2.05) is 37.3 Å². The summed E-state index contributed by atoms with van der Waals surface area (Å²) >= 11 is 1.70. The summed E-state index contributed by atoms with van der Waals surface area (Å²) < 4.78 is 13.6. The summed E-state index contributed by atoms with van der Waals surface area (Å²) in [7, 11) is 0. The zero-order chi connectivity index (χ0) is 13.8. The van der Waals surface area contributed by atoms with Gasteiger partial charge in [0.2, 0.25) is 0 Å². The van der Waals surface area contributed by atoms with Crippen LogP contribution in [-0.4, -0.2) is 6.26 Å². The van der Waals surface area contributed by atoms with E-state index in [0.717, 1.165) is 11.3 Å². The van der Waals surface area contributed by atoms with Crippen molar-refractivity contribution in [2.24, 2.45) is 0 Å². The van der Waals surface area contributed by atoms with Crippen molar-refractivity contribution in [3.05, 3.63) is 59.4 Å². The van der Waals surface area contributed by atoms with Crippen molar-refractivity contribution in [1.82, 2.24) is 0 Å². The van der Waals surface area contributed by atoms with Crippen LogP contribution in [-0.2, 0) is 0 Å². The molecule has 0 radical (unpaired) electrons. The van der Waals surface area contributed by atoms with Crippen LogP contribution in [0.5, 0.6) is 0 Å². The number of hydrogen-bond acceptors (Lipinski definition) is 2. The maximum absolute atomic E-state index is 13.6. The average Bonchev–Trinajstić information content (AvgIpc) is 2.42. The average molecular weight is 275 g/mol.